The fraction of sp³-hybridized carbons (Fsp3) is 0.571. The van der Waals surface area contributed by atoms with Gasteiger partial charge >= 0.3 is 6.18 Å². The average molecular weight is 273 g/mol. The van der Waals surface area contributed by atoms with Gasteiger partial charge in [-0.1, -0.05) is 19.1 Å². The van der Waals surface area contributed by atoms with Crippen LogP contribution < -0.4 is 5.32 Å². The van der Waals surface area contributed by atoms with Gasteiger partial charge in [-0.05, 0) is 37.1 Å². The molecule has 2 nitrogen and oxygen atoms in total. The maximum atomic E-state index is 12.5. The summed E-state index contributed by atoms with van der Waals surface area (Å²) < 4.78 is 43.3. The van der Waals surface area contributed by atoms with Crippen LogP contribution >= 0.6 is 0 Å². The Bertz CT molecular complexity index is 416. The zero-order chi connectivity index (χ0) is 14.0. The number of benzene rings is 1. The van der Waals surface area contributed by atoms with E-state index in [1.807, 2.05) is 0 Å². The lowest BCUT2D eigenvalue weighted by Gasteiger charge is -2.26. The second kappa shape index (κ2) is 5.51. The molecule has 5 heteroatoms. The monoisotopic (exact) mass is 273 g/mol. The molecule has 0 bridgehead atoms. The van der Waals surface area contributed by atoms with E-state index < -0.39 is 11.7 Å². The minimum atomic E-state index is -4.29. The van der Waals surface area contributed by atoms with E-state index in [9.17, 15) is 13.2 Å². The normalized spacial score (nSPS) is 25.5. The molecular weight excluding hydrogens is 255 g/mol. The second-order valence-electron chi connectivity index (χ2n) is 4.99. The highest BCUT2D eigenvalue weighted by atomic mass is 19.4. The molecule has 0 spiro atoms. The highest BCUT2D eigenvalue weighted by molar-refractivity contribution is 5.27. The zero-order valence-corrected chi connectivity index (χ0v) is 11.0. The van der Waals surface area contributed by atoms with E-state index in [2.05, 4.69) is 12.2 Å². The van der Waals surface area contributed by atoms with Crippen LogP contribution in [0, 0.1) is 5.92 Å². The summed E-state index contributed by atoms with van der Waals surface area (Å²) in [7, 11) is 1.80. The standard InChI is InChI=1S/C14H18F3NO/c1-9-7-8-19-13(9)12(18-2)10-3-5-11(6-4-10)14(15,16)17/h3-6,9,12-13,18H,7-8H2,1-2H3. The molecule has 1 aromatic rings. The van der Waals surface area contributed by atoms with E-state index in [0.29, 0.717) is 12.5 Å². The molecule has 106 valence electrons. The van der Waals surface area contributed by atoms with E-state index in [1.54, 1.807) is 7.05 Å². The molecule has 1 aliphatic rings. The molecule has 0 amide bonds. The summed E-state index contributed by atoms with van der Waals surface area (Å²) in [6.07, 6.45) is -3.28. The zero-order valence-electron chi connectivity index (χ0n) is 11.0. The number of hydrogen-bond donors (Lipinski definition) is 1. The molecule has 1 saturated heterocycles. The molecule has 3 atom stereocenters. The SMILES string of the molecule is CNC(c1ccc(C(F)(F)F)cc1)C1OCCC1C. The molecule has 1 N–H and O–H groups in total. The smallest absolute Gasteiger partial charge is 0.376 e. The first-order valence-electron chi connectivity index (χ1n) is 6.39. The molecule has 1 heterocycles. The van der Waals surface area contributed by atoms with Gasteiger partial charge in [-0.25, -0.2) is 0 Å². The highest BCUT2D eigenvalue weighted by Crippen LogP contribution is 2.33. The van der Waals surface area contributed by atoms with E-state index in [1.165, 1.54) is 12.1 Å². The fourth-order valence-corrected chi connectivity index (χ4v) is 2.54. The van der Waals surface area contributed by atoms with E-state index >= 15 is 0 Å². The van der Waals surface area contributed by atoms with Crippen LogP contribution in [0.2, 0.25) is 0 Å². The van der Waals surface area contributed by atoms with Gasteiger partial charge in [-0.2, -0.15) is 13.2 Å². The summed E-state index contributed by atoms with van der Waals surface area (Å²) in [6.45, 7) is 2.82. The molecule has 19 heavy (non-hydrogen) atoms. The van der Waals surface area contributed by atoms with Gasteiger partial charge in [0.1, 0.15) is 0 Å². The van der Waals surface area contributed by atoms with Crippen molar-refractivity contribution in [1.82, 2.24) is 5.32 Å². The molecule has 0 aliphatic carbocycles. The Morgan fingerprint density at radius 2 is 1.89 bits per heavy atom. The average Bonchev–Trinajstić information content (AvgIpc) is 2.76. The number of halogens is 3. The third-order valence-electron chi connectivity index (χ3n) is 3.68. The number of ether oxygens (including phenoxy) is 1. The number of hydrogen-bond acceptors (Lipinski definition) is 2. The van der Waals surface area contributed by atoms with Crippen molar-refractivity contribution in [1.29, 1.82) is 0 Å². The van der Waals surface area contributed by atoms with Crippen LogP contribution in [-0.2, 0) is 10.9 Å². The van der Waals surface area contributed by atoms with Gasteiger partial charge in [0, 0.05) is 6.61 Å². The summed E-state index contributed by atoms with van der Waals surface area (Å²) in [5.41, 5.74) is 0.209. The summed E-state index contributed by atoms with van der Waals surface area (Å²) in [5, 5.41) is 3.14. The van der Waals surface area contributed by atoms with Gasteiger partial charge in [0.05, 0.1) is 17.7 Å². The Morgan fingerprint density at radius 3 is 2.32 bits per heavy atom. The van der Waals surface area contributed by atoms with Crippen molar-refractivity contribution in [3.8, 4) is 0 Å². The van der Waals surface area contributed by atoms with Crippen molar-refractivity contribution in [3.63, 3.8) is 0 Å². The van der Waals surface area contributed by atoms with Crippen LogP contribution in [0.3, 0.4) is 0 Å². The minimum absolute atomic E-state index is 0.0155. The van der Waals surface area contributed by atoms with Gasteiger partial charge in [-0.15, -0.1) is 0 Å². The molecule has 0 aromatic heterocycles. The molecule has 0 radical (unpaired) electrons. The lowest BCUT2D eigenvalue weighted by Crippen LogP contribution is -2.32. The molecule has 3 unspecified atom stereocenters. The van der Waals surface area contributed by atoms with Crippen LogP contribution in [0.25, 0.3) is 0 Å². The molecular formula is C14H18F3NO. The van der Waals surface area contributed by atoms with Crippen molar-refractivity contribution >= 4 is 0 Å². The van der Waals surface area contributed by atoms with E-state index in [0.717, 1.165) is 24.1 Å². The van der Waals surface area contributed by atoms with Crippen LogP contribution in [0.5, 0.6) is 0 Å². The maximum absolute atomic E-state index is 12.5. The quantitative estimate of drug-likeness (QED) is 0.911. The van der Waals surface area contributed by atoms with Crippen LogP contribution in [0.1, 0.15) is 30.5 Å². The maximum Gasteiger partial charge on any atom is 0.416 e. The van der Waals surface area contributed by atoms with E-state index in [4.69, 9.17) is 4.74 Å². The predicted molar refractivity (Wildman–Crippen MR) is 66.8 cm³/mol. The Balaban J connectivity index is 2.19. The van der Waals surface area contributed by atoms with Gasteiger partial charge in [0.25, 0.3) is 0 Å². The largest absolute Gasteiger partial charge is 0.416 e. The summed E-state index contributed by atoms with van der Waals surface area (Å²) in [5.74, 6) is 0.403. The Morgan fingerprint density at radius 1 is 1.26 bits per heavy atom. The lowest BCUT2D eigenvalue weighted by atomic mass is 9.92. The number of alkyl halides is 3. The Hall–Kier alpha value is -1.07. The van der Waals surface area contributed by atoms with Crippen LogP contribution in [0.15, 0.2) is 24.3 Å². The molecule has 1 aliphatic heterocycles. The van der Waals surface area contributed by atoms with Gasteiger partial charge in [0.2, 0.25) is 0 Å². The molecule has 2 rings (SSSR count). The number of likely N-dealkylation sites (N-methyl/N-ethyl adjacent to an activating group) is 1. The summed E-state index contributed by atoms with van der Waals surface area (Å²) >= 11 is 0. The van der Waals surface area contributed by atoms with Gasteiger partial charge in [0.15, 0.2) is 0 Å². The summed E-state index contributed by atoms with van der Waals surface area (Å²) in [4.78, 5) is 0. The van der Waals surface area contributed by atoms with Gasteiger partial charge < -0.3 is 10.1 Å². The van der Waals surface area contributed by atoms with Crippen molar-refractivity contribution in [2.45, 2.75) is 31.7 Å². The van der Waals surface area contributed by atoms with Crippen molar-refractivity contribution in [2.24, 2.45) is 5.92 Å². The van der Waals surface area contributed by atoms with Crippen LogP contribution in [-0.4, -0.2) is 19.8 Å². The molecule has 1 aromatic carbocycles. The first-order valence-corrected chi connectivity index (χ1v) is 6.39. The highest BCUT2D eigenvalue weighted by Gasteiger charge is 2.33. The lowest BCUT2D eigenvalue weighted by molar-refractivity contribution is -0.137. The molecule has 0 saturated carbocycles. The topological polar surface area (TPSA) is 21.3 Å². The Labute approximate surface area is 111 Å². The molecule has 1 fully saturated rings. The number of rotatable bonds is 3. The first-order chi connectivity index (χ1) is 8.93. The first kappa shape index (κ1) is 14.3. The van der Waals surface area contributed by atoms with E-state index in [-0.39, 0.29) is 12.1 Å². The predicted octanol–water partition coefficient (Wildman–Crippen LogP) is 3.39. The van der Waals surface area contributed by atoms with Crippen molar-refractivity contribution in [3.05, 3.63) is 35.4 Å². The van der Waals surface area contributed by atoms with Crippen molar-refractivity contribution < 1.29 is 17.9 Å². The third-order valence-corrected chi connectivity index (χ3v) is 3.68. The second-order valence-corrected chi connectivity index (χ2v) is 4.99. The minimum Gasteiger partial charge on any atom is -0.376 e. The third kappa shape index (κ3) is 3.09. The fourth-order valence-electron chi connectivity index (χ4n) is 2.54. The van der Waals surface area contributed by atoms with Crippen molar-refractivity contribution in [2.75, 3.05) is 13.7 Å². The van der Waals surface area contributed by atoms with Gasteiger partial charge in [-0.3, -0.25) is 0 Å². The van der Waals surface area contributed by atoms with Crippen LogP contribution in [0.4, 0.5) is 13.2 Å². The Kier molecular flexibility index (Phi) is 4.16. The summed E-state index contributed by atoms with van der Waals surface area (Å²) in [6, 6.07) is 5.23. The number of nitrogens with one attached hydrogen (secondary N) is 1.